The normalized spacial score (nSPS) is 11.8. The van der Waals surface area contributed by atoms with Crippen LogP contribution in [0, 0.1) is 12.7 Å². The Morgan fingerprint density at radius 1 is 1.04 bits per heavy atom. The van der Waals surface area contributed by atoms with Gasteiger partial charge < -0.3 is 5.32 Å². The molecule has 3 rings (SSSR count). The summed E-state index contributed by atoms with van der Waals surface area (Å²) in [6, 6.07) is 21.3. The van der Waals surface area contributed by atoms with Gasteiger partial charge in [0.05, 0.1) is 6.04 Å². The van der Waals surface area contributed by atoms with Crippen molar-refractivity contribution in [2.24, 2.45) is 0 Å². The van der Waals surface area contributed by atoms with Crippen LogP contribution in [0.5, 0.6) is 0 Å². The van der Waals surface area contributed by atoms with E-state index in [2.05, 4.69) is 21.2 Å². The third kappa shape index (κ3) is 4.79. The molecule has 0 amide bonds. The molecule has 0 aliphatic rings. The Morgan fingerprint density at radius 2 is 1.73 bits per heavy atom. The quantitative estimate of drug-likeness (QED) is 0.480. The zero-order valence-corrected chi connectivity index (χ0v) is 16.0. The molecule has 132 valence electrons. The number of hydrogen-bond acceptors (Lipinski definition) is 2. The summed E-state index contributed by atoms with van der Waals surface area (Å²) >= 11 is 3.38. The standard InChI is InChI=1S/C22H19BrFNO/c1-15-3-2-4-20(13-15)25-21(16-7-11-19(24)12-8-16)14-22(26)17-5-9-18(23)10-6-17/h2-13,21,25H,14H2,1H3/t21-/m0/s1. The smallest absolute Gasteiger partial charge is 0.165 e. The fraction of sp³-hybridized carbons (Fsp3) is 0.136. The van der Waals surface area contributed by atoms with Crippen molar-refractivity contribution in [1.82, 2.24) is 0 Å². The number of carbonyl (C=O) groups excluding carboxylic acids is 1. The van der Waals surface area contributed by atoms with Gasteiger partial charge in [0.2, 0.25) is 0 Å². The molecule has 26 heavy (non-hydrogen) atoms. The van der Waals surface area contributed by atoms with E-state index in [9.17, 15) is 9.18 Å². The minimum atomic E-state index is -0.290. The summed E-state index contributed by atoms with van der Waals surface area (Å²) in [6.45, 7) is 2.02. The third-order valence-electron chi connectivity index (χ3n) is 4.19. The van der Waals surface area contributed by atoms with Crippen LogP contribution in [0.1, 0.15) is 33.9 Å². The Labute approximate surface area is 161 Å². The van der Waals surface area contributed by atoms with Gasteiger partial charge >= 0.3 is 0 Å². The van der Waals surface area contributed by atoms with Crippen molar-refractivity contribution < 1.29 is 9.18 Å². The monoisotopic (exact) mass is 411 g/mol. The number of benzene rings is 3. The number of anilines is 1. The van der Waals surface area contributed by atoms with Gasteiger partial charge in [0.1, 0.15) is 5.82 Å². The topological polar surface area (TPSA) is 29.1 Å². The van der Waals surface area contributed by atoms with Crippen LogP contribution < -0.4 is 5.32 Å². The molecule has 4 heteroatoms. The predicted octanol–water partition coefficient (Wildman–Crippen LogP) is 6.32. The van der Waals surface area contributed by atoms with Crippen LogP contribution in [0.15, 0.2) is 77.3 Å². The van der Waals surface area contributed by atoms with Crippen molar-refractivity contribution >= 4 is 27.4 Å². The Morgan fingerprint density at radius 3 is 2.38 bits per heavy atom. The molecule has 1 atom stereocenters. The summed E-state index contributed by atoms with van der Waals surface area (Å²) in [5, 5.41) is 3.42. The Hall–Kier alpha value is -2.46. The van der Waals surface area contributed by atoms with E-state index in [0.29, 0.717) is 5.56 Å². The van der Waals surface area contributed by atoms with Crippen LogP contribution >= 0.6 is 15.9 Å². The first kappa shape index (κ1) is 18.3. The van der Waals surface area contributed by atoms with Crippen molar-refractivity contribution in [2.75, 3.05) is 5.32 Å². The first-order valence-electron chi connectivity index (χ1n) is 8.39. The molecule has 0 saturated heterocycles. The van der Waals surface area contributed by atoms with Crippen molar-refractivity contribution in [3.63, 3.8) is 0 Å². The van der Waals surface area contributed by atoms with E-state index >= 15 is 0 Å². The van der Waals surface area contributed by atoms with Gasteiger partial charge in [-0.1, -0.05) is 52.3 Å². The van der Waals surface area contributed by atoms with Crippen molar-refractivity contribution in [2.45, 2.75) is 19.4 Å². The molecule has 0 aromatic heterocycles. The van der Waals surface area contributed by atoms with Crippen LogP contribution in [-0.2, 0) is 0 Å². The third-order valence-corrected chi connectivity index (χ3v) is 4.72. The molecular weight excluding hydrogens is 393 g/mol. The fourth-order valence-electron chi connectivity index (χ4n) is 2.82. The molecule has 0 radical (unpaired) electrons. The number of hydrogen-bond donors (Lipinski definition) is 1. The second-order valence-electron chi connectivity index (χ2n) is 6.25. The van der Waals surface area contributed by atoms with Gasteiger partial charge in [0.25, 0.3) is 0 Å². The first-order chi connectivity index (χ1) is 12.5. The van der Waals surface area contributed by atoms with E-state index in [4.69, 9.17) is 0 Å². The summed E-state index contributed by atoms with van der Waals surface area (Å²) in [7, 11) is 0. The SMILES string of the molecule is Cc1cccc(N[C@@H](CC(=O)c2ccc(Br)cc2)c2ccc(F)cc2)c1. The van der Waals surface area contributed by atoms with Crippen LogP contribution in [0.4, 0.5) is 10.1 Å². The Bertz CT molecular complexity index is 891. The number of carbonyl (C=O) groups is 1. The van der Waals surface area contributed by atoms with Gasteiger partial charge in [-0.25, -0.2) is 4.39 Å². The van der Waals surface area contributed by atoms with Gasteiger partial charge in [0, 0.05) is 22.1 Å². The Balaban J connectivity index is 1.85. The summed E-state index contributed by atoms with van der Waals surface area (Å²) in [4.78, 5) is 12.7. The maximum Gasteiger partial charge on any atom is 0.165 e. The first-order valence-corrected chi connectivity index (χ1v) is 9.18. The highest BCUT2D eigenvalue weighted by atomic mass is 79.9. The van der Waals surface area contributed by atoms with Crippen molar-refractivity contribution in [3.05, 3.63) is 99.8 Å². The molecule has 0 aliphatic carbocycles. The van der Waals surface area contributed by atoms with Crippen molar-refractivity contribution in [1.29, 1.82) is 0 Å². The van der Waals surface area contributed by atoms with Crippen LogP contribution in [0.25, 0.3) is 0 Å². The summed E-state index contributed by atoms with van der Waals surface area (Å²) in [5.41, 5.74) is 3.60. The molecule has 0 unspecified atom stereocenters. The lowest BCUT2D eigenvalue weighted by Crippen LogP contribution is -2.16. The number of aryl methyl sites for hydroxylation is 1. The van der Waals surface area contributed by atoms with Gasteiger partial charge in [-0.05, 0) is 54.4 Å². The van der Waals surface area contributed by atoms with E-state index in [1.165, 1.54) is 12.1 Å². The van der Waals surface area contributed by atoms with Gasteiger partial charge in [-0.15, -0.1) is 0 Å². The number of ketones is 1. The van der Waals surface area contributed by atoms with Gasteiger partial charge in [0.15, 0.2) is 5.78 Å². The second kappa shape index (κ2) is 8.28. The van der Waals surface area contributed by atoms with Crippen LogP contribution in [0.3, 0.4) is 0 Å². The number of rotatable bonds is 6. The average molecular weight is 412 g/mol. The molecule has 0 bridgehead atoms. The molecule has 2 nitrogen and oxygen atoms in total. The van der Waals surface area contributed by atoms with E-state index in [0.717, 1.165) is 21.3 Å². The Kier molecular flexibility index (Phi) is 5.84. The van der Waals surface area contributed by atoms with E-state index in [1.54, 1.807) is 24.3 Å². The molecule has 0 spiro atoms. The number of nitrogens with one attached hydrogen (secondary N) is 1. The summed E-state index contributed by atoms with van der Waals surface area (Å²) in [6.07, 6.45) is 0.279. The largest absolute Gasteiger partial charge is 0.378 e. The van der Waals surface area contributed by atoms with E-state index in [1.807, 2.05) is 43.3 Å². The number of halogens is 2. The lowest BCUT2D eigenvalue weighted by molar-refractivity contribution is 0.0976. The summed E-state index contributed by atoms with van der Waals surface area (Å²) in [5.74, 6) is -0.255. The van der Waals surface area contributed by atoms with E-state index in [-0.39, 0.29) is 24.1 Å². The highest BCUT2D eigenvalue weighted by Gasteiger charge is 2.17. The predicted molar refractivity (Wildman–Crippen MR) is 107 cm³/mol. The van der Waals surface area contributed by atoms with E-state index < -0.39 is 0 Å². The molecular formula is C22H19BrFNO. The van der Waals surface area contributed by atoms with Crippen molar-refractivity contribution in [3.8, 4) is 0 Å². The minimum absolute atomic E-state index is 0.0342. The molecule has 3 aromatic rings. The molecule has 0 heterocycles. The summed E-state index contributed by atoms with van der Waals surface area (Å²) < 4.78 is 14.2. The highest BCUT2D eigenvalue weighted by Crippen LogP contribution is 2.25. The zero-order chi connectivity index (χ0) is 18.5. The highest BCUT2D eigenvalue weighted by molar-refractivity contribution is 9.10. The second-order valence-corrected chi connectivity index (χ2v) is 7.17. The fourth-order valence-corrected chi connectivity index (χ4v) is 3.09. The lowest BCUT2D eigenvalue weighted by atomic mass is 9.97. The maximum atomic E-state index is 13.3. The van der Waals surface area contributed by atoms with Crippen LogP contribution in [-0.4, -0.2) is 5.78 Å². The minimum Gasteiger partial charge on any atom is -0.378 e. The zero-order valence-electron chi connectivity index (χ0n) is 14.4. The molecule has 1 N–H and O–H groups in total. The average Bonchev–Trinajstić information content (AvgIpc) is 2.62. The lowest BCUT2D eigenvalue weighted by Gasteiger charge is -2.20. The van der Waals surface area contributed by atoms with Crippen LogP contribution in [0.2, 0.25) is 0 Å². The number of Topliss-reactive ketones (excluding diaryl/α,β-unsaturated/α-hetero) is 1. The molecule has 3 aromatic carbocycles. The molecule has 0 saturated carbocycles. The van der Waals surface area contributed by atoms with Gasteiger partial charge in [-0.2, -0.15) is 0 Å². The molecule has 0 aliphatic heterocycles. The maximum absolute atomic E-state index is 13.3. The molecule has 0 fully saturated rings. The van der Waals surface area contributed by atoms with Gasteiger partial charge in [-0.3, -0.25) is 4.79 Å².